The number of hydrogen-bond acceptors (Lipinski definition) is 5. The molecule has 0 aliphatic heterocycles. The number of amides is 1. The summed E-state index contributed by atoms with van der Waals surface area (Å²) in [5.74, 6) is -0.947. The van der Waals surface area contributed by atoms with Crippen LogP contribution in [0.1, 0.15) is 27.3 Å². The number of rotatable bonds is 7. The van der Waals surface area contributed by atoms with Crippen molar-refractivity contribution in [3.8, 4) is 5.69 Å². The number of thioether (sulfide) groups is 1. The summed E-state index contributed by atoms with van der Waals surface area (Å²) in [5, 5.41) is 8.96. The van der Waals surface area contributed by atoms with Crippen LogP contribution in [0.2, 0.25) is 5.02 Å². The van der Waals surface area contributed by atoms with Gasteiger partial charge in [0.25, 0.3) is 5.91 Å². The molecular formula is C24H20ClF2N5OS. The first-order valence-electron chi connectivity index (χ1n) is 10.3. The lowest BCUT2D eigenvalue weighted by atomic mass is 10.1. The number of carbonyl (C=O) groups excluding carboxylic acids is 1. The molecule has 0 fully saturated rings. The molecular weight excluding hydrogens is 480 g/mol. The maximum absolute atomic E-state index is 14.6. The number of aryl methyl sites for hydroxylation is 1. The van der Waals surface area contributed by atoms with Crippen molar-refractivity contribution in [2.24, 2.45) is 0 Å². The number of halogens is 3. The van der Waals surface area contributed by atoms with Crippen LogP contribution in [0.3, 0.4) is 0 Å². The highest BCUT2D eigenvalue weighted by Crippen LogP contribution is 2.31. The number of benzene rings is 2. The maximum atomic E-state index is 14.6. The van der Waals surface area contributed by atoms with Crippen molar-refractivity contribution in [3.05, 3.63) is 100 Å². The predicted octanol–water partition coefficient (Wildman–Crippen LogP) is 5.47. The Kier molecular flexibility index (Phi) is 7.23. The summed E-state index contributed by atoms with van der Waals surface area (Å²) in [5.41, 5.74) is 2.22. The van der Waals surface area contributed by atoms with Crippen molar-refractivity contribution in [2.45, 2.75) is 24.4 Å². The SMILES string of the molecule is Cc1ccc(Cl)c(CSc2nnc(C(=O)N(C)Cc3ccncc3)n2-c2ccc(F)cc2)c1F. The molecule has 10 heteroatoms. The third-order valence-electron chi connectivity index (χ3n) is 5.15. The zero-order chi connectivity index (χ0) is 24.2. The Morgan fingerprint density at radius 1 is 1.06 bits per heavy atom. The number of carbonyl (C=O) groups is 1. The molecule has 0 aliphatic rings. The predicted molar refractivity (Wildman–Crippen MR) is 127 cm³/mol. The molecule has 0 radical (unpaired) electrons. The van der Waals surface area contributed by atoms with Crippen LogP contribution in [0.4, 0.5) is 8.78 Å². The third-order valence-corrected chi connectivity index (χ3v) is 6.46. The van der Waals surface area contributed by atoms with Gasteiger partial charge in [-0.2, -0.15) is 0 Å². The number of pyridine rings is 1. The average molecular weight is 500 g/mol. The standard InChI is InChI=1S/C24H20ClF2N5OS/c1-15-3-8-20(25)19(21(15)27)14-34-24-30-29-22(32(24)18-6-4-17(26)5-7-18)23(33)31(2)13-16-9-11-28-12-10-16/h3-12H,13-14H2,1-2H3. The second-order valence-electron chi connectivity index (χ2n) is 7.58. The fourth-order valence-corrected chi connectivity index (χ4v) is 4.58. The monoisotopic (exact) mass is 499 g/mol. The molecule has 174 valence electrons. The van der Waals surface area contributed by atoms with E-state index in [4.69, 9.17) is 11.6 Å². The van der Waals surface area contributed by atoms with Crippen molar-refractivity contribution in [2.75, 3.05) is 7.05 Å². The summed E-state index contributed by atoms with van der Waals surface area (Å²) >= 11 is 7.40. The molecule has 0 spiro atoms. The van der Waals surface area contributed by atoms with Gasteiger partial charge in [-0.05, 0) is 60.5 Å². The van der Waals surface area contributed by atoms with Gasteiger partial charge < -0.3 is 4.90 Å². The minimum atomic E-state index is -0.415. The van der Waals surface area contributed by atoms with Gasteiger partial charge in [-0.3, -0.25) is 14.3 Å². The molecule has 6 nitrogen and oxygen atoms in total. The molecule has 0 saturated heterocycles. The molecule has 0 saturated carbocycles. The molecule has 1 amide bonds. The minimum absolute atomic E-state index is 0.0569. The Morgan fingerprint density at radius 3 is 2.47 bits per heavy atom. The summed E-state index contributed by atoms with van der Waals surface area (Å²) in [7, 11) is 1.65. The molecule has 0 N–H and O–H groups in total. The number of hydrogen-bond donors (Lipinski definition) is 0. The van der Waals surface area contributed by atoms with E-state index in [0.717, 1.165) is 5.56 Å². The summed E-state index contributed by atoms with van der Waals surface area (Å²) < 4.78 is 29.7. The van der Waals surface area contributed by atoms with Crippen molar-refractivity contribution in [1.29, 1.82) is 0 Å². The van der Waals surface area contributed by atoms with Gasteiger partial charge in [0.05, 0.1) is 5.69 Å². The Morgan fingerprint density at radius 2 is 1.76 bits per heavy atom. The van der Waals surface area contributed by atoms with E-state index in [9.17, 15) is 13.6 Å². The lowest BCUT2D eigenvalue weighted by Gasteiger charge is -2.18. The van der Waals surface area contributed by atoms with Crippen molar-refractivity contribution in [3.63, 3.8) is 0 Å². The van der Waals surface area contributed by atoms with Crippen LogP contribution in [0, 0.1) is 18.6 Å². The van der Waals surface area contributed by atoms with Crippen LogP contribution < -0.4 is 0 Å². The van der Waals surface area contributed by atoms with Crippen LogP contribution in [-0.4, -0.2) is 37.6 Å². The Bertz CT molecular complexity index is 1320. The first kappa shape index (κ1) is 23.8. The van der Waals surface area contributed by atoms with Gasteiger partial charge in [-0.1, -0.05) is 29.4 Å². The van der Waals surface area contributed by atoms with Gasteiger partial charge in [0.1, 0.15) is 11.6 Å². The van der Waals surface area contributed by atoms with Gasteiger partial charge in [-0.25, -0.2) is 8.78 Å². The fourth-order valence-electron chi connectivity index (χ4n) is 3.31. The maximum Gasteiger partial charge on any atom is 0.292 e. The van der Waals surface area contributed by atoms with E-state index in [2.05, 4.69) is 15.2 Å². The van der Waals surface area contributed by atoms with Gasteiger partial charge in [0.15, 0.2) is 5.16 Å². The lowest BCUT2D eigenvalue weighted by Crippen LogP contribution is -2.29. The van der Waals surface area contributed by atoms with E-state index in [1.54, 1.807) is 38.5 Å². The Labute approximate surface area is 204 Å². The first-order valence-corrected chi connectivity index (χ1v) is 11.6. The minimum Gasteiger partial charge on any atom is -0.335 e. The molecule has 0 aliphatic carbocycles. The normalized spacial score (nSPS) is 11.0. The second-order valence-corrected chi connectivity index (χ2v) is 8.93. The largest absolute Gasteiger partial charge is 0.335 e. The summed E-state index contributed by atoms with van der Waals surface area (Å²) in [4.78, 5) is 18.8. The van der Waals surface area contributed by atoms with E-state index in [0.29, 0.717) is 33.5 Å². The van der Waals surface area contributed by atoms with Gasteiger partial charge in [0, 0.05) is 42.3 Å². The molecule has 2 aromatic carbocycles. The second kappa shape index (κ2) is 10.3. The van der Waals surface area contributed by atoms with E-state index in [-0.39, 0.29) is 23.3 Å². The molecule has 0 bridgehead atoms. The number of aromatic nitrogens is 4. The summed E-state index contributed by atoms with van der Waals surface area (Å²) in [6.07, 6.45) is 3.30. The van der Waals surface area contributed by atoms with Gasteiger partial charge in [-0.15, -0.1) is 10.2 Å². The van der Waals surface area contributed by atoms with Crippen LogP contribution in [0.25, 0.3) is 5.69 Å². The third kappa shape index (κ3) is 5.10. The highest BCUT2D eigenvalue weighted by molar-refractivity contribution is 7.98. The molecule has 4 rings (SSSR count). The first-order chi connectivity index (χ1) is 16.3. The Hall–Kier alpha value is -3.30. The zero-order valence-electron chi connectivity index (χ0n) is 18.4. The molecule has 34 heavy (non-hydrogen) atoms. The van der Waals surface area contributed by atoms with Crippen LogP contribution in [0.5, 0.6) is 0 Å². The number of nitrogens with zero attached hydrogens (tertiary/aromatic N) is 5. The van der Waals surface area contributed by atoms with E-state index in [1.807, 2.05) is 12.1 Å². The topological polar surface area (TPSA) is 63.9 Å². The smallest absolute Gasteiger partial charge is 0.292 e. The van der Waals surface area contributed by atoms with E-state index in [1.165, 1.54) is 45.5 Å². The fraction of sp³-hybridized carbons (Fsp3) is 0.167. The van der Waals surface area contributed by atoms with Crippen molar-refractivity contribution in [1.82, 2.24) is 24.6 Å². The van der Waals surface area contributed by atoms with Crippen molar-refractivity contribution < 1.29 is 13.6 Å². The van der Waals surface area contributed by atoms with E-state index >= 15 is 0 Å². The quantitative estimate of drug-likeness (QED) is 0.316. The molecule has 0 unspecified atom stereocenters. The van der Waals surface area contributed by atoms with Crippen LogP contribution in [0.15, 0.2) is 66.1 Å². The van der Waals surface area contributed by atoms with E-state index < -0.39 is 5.82 Å². The molecule has 2 heterocycles. The highest BCUT2D eigenvalue weighted by atomic mass is 35.5. The average Bonchev–Trinajstić information content (AvgIpc) is 3.26. The molecule has 2 aromatic heterocycles. The molecule has 4 aromatic rings. The highest BCUT2D eigenvalue weighted by Gasteiger charge is 2.24. The molecule has 0 atom stereocenters. The Balaban J connectivity index is 1.67. The zero-order valence-corrected chi connectivity index (χ0v) is 19.9. The van der Waals surface area contributed by atoms with Crippen LogP contribution >= 0.6 is 23.4 Å². The summed E-state index contributed by atoms with van der Waals surface area (Å²) in [6, 6.07) is 12.5. The lowest BCUT2D eigenvalue weighted by molar-refractivity contribution is 0.0770. The van der Waals surface area contributed by atoms with Crippen LogP contribution in [-0.2, 0) is 12.3 Å². The summed E-state index contributed by atoms with van der Waals surface area (Å²) in [6.45, 7) is 2.00. The van der Waals surface area contributed by atoms with Gasteiger partial charge in [0.2, 0.25) is 5.82 Å². The van der Waals surface area contributed by atoms with Gasteiger partial charge >= 0.3 is 0 Å². The van der Waals surface area contributed by atoms with Crippen molar-refractivity contribution >= 4 is 29.3 Å².